The maximum atomic E-state index is 4.28. The van der Waals surface area contributed by atoms with Crippen LogP contribution in [-0.4, -0.2) is 9.97 Å². The molecule has 0 aliphatic rings. The molecule has 1 aromatic carbocycles. The van der Waals surface area contributed by atoms with Gasteiger partial charge in [-0.05, 0) is 24.5 Å². The van der Waals surface area contributed by atoms with E-state index >= 15 is 0 Å². The second kappa shape index (κ2) is 7.49. The van der Waals surface area contributed by atoms with Gasteiger partial charge >= 0.3 is 0 Å². The molecule has 1 heterocycles. The third-order valence-corrected chi connectivity index (χ3v) is 4.11. The van der Waals surface area contributed by atoms with E-state index in [1.807, 2.05) is 6.20 Å². The minimum atomic E-state index is 0.926. The zero-order chi connectivity index (χ0) is 13.5. The monoisotopic (exact) mass is 320 g/mol. The summed E-state index contributed by atoms with van der Waals surface area (Å²) >= 11 is 3.67. The summed E-state index contributed by atoms with van der Waals surface area (Å²) in [6.45, 7) is 2.25. The zero-order valence-corrected chi connectivity index (χ0v) is 13.0. The van der Waals surface area contributed by atoms with Crippen LogP contribution in [0.4, 0.5) is 0 Å². The number of rotatable bonds is 7. The molecule has 1 N–H and O–H groups in total. The van der Waals surface area contributed by atoms with E-state index in [0.717, 1.165) is 17.8 Å². The lowest BCUT2D eigenvalue weighted by atomic mass is 10.0. The number of aryl methyl sites for hydroxylation is 1. The Balaban J connectivity index is 1.92. The third kappa shape index (κ3) is 4.20. The number of nitrogens with zero attached hydrogens (tertiary/aromatic N) is 1. The minimum Gasteiger partial charge on any atom is -0.345 e. The van der Waals surface area contributed by atoms with Crippen molar-refractivity contribution < 1.29 is 0 Å². The number of hydrogen-bond acceptors (Lipinski definition) is 1. The summed E-state index contributed by atoms with van der Waals surface area (Å²) in [5, 5.41) is 0. The highest BCUT2D eigenvalue weighted by molar-refractivity contribution is 9.10. The highest BCUT2D eigenvalue weighted by Crippen LogP contribution is 2.25. The first-order valence-electron chi connectivity index (χ1n) is 7.09. The van der Waals surface area contributed by atoms with E-state index in [0.29, 0.717) is 0 Å². The molecule has 0 fully saturated rings. The number of aromatic amines is 1. The second-order valence-corrected chi connectivity index (χ2v) is 5.76. The van der Waals surface area contributed by atoms with Crippen LogP contribution < -0.4 is 0 Å². The molecule has 0 saturated carbocycles. The van der Waals surface area contributed by atoms with Crippen molar-refractivity contribution in [1.82, 2.24) is 9.97 Å². The molecule has 2 nitrogen and oxygen atoms in total. The standard InChI is InChI=1S/C16H21BrN2/c1-2-3-4-5-6-7-13-8-9-14(12-15(13)17)16-18-10-11-19-16/h8-12H,2-7H2,1H3,(H,18,19). The summed E-state index contributed by atoms with van der Waals surface area (Å²) in [5.74, 6) is 0.926. The summed E-state index contributed by atoms with van der Waals surface area (Å²) in [6.07, 6.45) is 11.4. The third-order valence-electron chi connectivity index (χ3n) is 3.37. The molecule has 2 aromatic rings. The first kappa shape index (κ1) is 14.3. The number of benzene rings is 1. The number of aromatic nitrogens is 2. The lowest BCUT2D eigenvalue weighted by molar-refractivity contribution is 0.632. The van der Waals surface area contributed by atoms with Gasteiger partial charge in [0.15, 0.2) is 0 Å². The normalized spacial score (nSPS) is 10.8. The number of imidazole rings is 1. The number of H-pyrrole nitrogens is 1. The van der Waals surface area contributed by atoms with Crippen molar-refractivity contribution in [2.75, 3.05) is 0 Å². The van der Waals surface area contributed by atoms with Crippen molar-refractivity contribution in [3.8, 4) is 11.4 Å². The van der Waals surface area contributed by atoms with Crippen molar-refractivity contribution in [3.63, 3.8) is 0 Å². The van der Waals surface area contributed by atoms with Gasteiger partial charge in [0, 0.05) is 22.4 Å². The van der Waals surface area contributed by atoms with Crippen LogP contribution in [0.3, 0.4) is 0 Å². The Morgan fingerprint density at radius 1 is 1.16 bits per heavy atom. The van der Waals surface area contributed by atoms with Gasteiger partial charge in [-0.1, -0.05) is 60.7 Å². The van der Waals surface area contributed by atoms with Crippen LogP contribution in [0.2, 0.25) is 0 Å². The molecule has 0 saturated heterocycles. The van der Waals surface area contributed by atoms with Gasteiger partial charge < -0.3 is 4.98 Å². The van der Waals surface area contributed by atoms with Crippen LogP contribution in [0.25, 0.3) is 11.4 Å². The van der Waals surface area contributed by atoms with Crippen molar-refractivity contribution in [3.05, 3.63) is 40.6 Å². The Labute approximate surface area is 123 Å². The quantitative estimate of drug-likeness (QED) is 0.684. The van der Waals surface area contributed by atoms with Crippen molar-refractivity contribution in [1.29, 1.82) is 0 Å². The number of halogens is 1. The highest BCUT2D eigenvalue weighted by atomic mass is 79.9. The number of unbranched alkanes of at least 4 members (excludes halogenated alkanes) is 4. The Bertz CT molecular complexity index is 491. The largest absolute Gasteiger partial charge is 0.345 e. The van der Waals surface area contributed by atoms with E-state index in [9.17, 15) is 0 Å². The predicted octanol–water partition coefficient (Wildman–Crippen LogP) is 5.35. The lowest BCUT2D eigenvalue weighted by Crippen LogP contribution is -1.89. The van der Waals surface area contributed by atoms with Gasteiger partial charge in [0.1, 0.15) is 5.82 Å². The second-order valence-electron chi connectivity index (χ2n) is 4.91. The van der Waals surface area contributed by atoms with E-state index in [1.54, 1.807) is 6.20 Å². The Morgan fingerprint density at radius 3 is 2.68 bits per heavy atom. The Kier molecular flexibility index (Phi) is 5.64. The molecule has 1 aromatic heterocycles. The molecular weight excluding hydrogens is 300 g/mol. The molecule has 0 radical (unpaired) electrons. The maximum absolute atomic E-state index is 4.28. The summed E-state index contributed by atoms with van der Waals surface area (Å²) in [7, 11) is 0. The predicted molar refractivity (Wildman–Crippen MR) is 84.2 cm³/mol. The van der Waals surface area contributed by atoms with Crippen molar-refractivity contribution in [2.24, 2.45) is 0 Å². The zero-order valence-electron chi connectivity index (χ0n) is 11.5. The van der Waals surface area contributed by atoms with Crippen LogP contribution in [0.15, 0.2) is 35.1 Å². The molecule has 0 atom stereocenters. The van der Waals surface area contributed by atoms with Crippen LogP contribution in [0.1, 0.15) is 44.6 Å². The van der Waals surface area contributed by atoms with Gasteiger partial charge in [-0.3, -0.25) is 0 Å². The number of hydrogen-bond donors (Lipinski definition) is 1. The van der Waals surface area contributed by atoms with Gasteiger partial charge in [0.2, 0.25) is 0 Å². The molecule has 0 aliphatic carbocycles. The van der Waals surface area contributed by atoms with Gasteiger partial charge in [-0.2, -0.15) is 0 Å². The van der Waals surface area contributed by atoms with Gasteiger partial charge in [-0.25, -0.2) is 4.98 Å². The van der Waals surface area contributed by atoms with Crippen LogP contribution in [0.5, 0.6) is 0 Å². The molecule has 19 heavy (non-hydrogen) atoms. The minimum absolute atomic E-state index is 0.926. The van der Waals surface area contributed by atoms with E-state index in [4.69, 9.17) is 0 Å². The fraction of sp³-hybridized carbons (Fsp3) is 0.438. The molecular formula is C16H21BrN2. The van der Waals surface area contributed by atoms with E-state index in [-0.39, 0.29) is 0 Å². The number of nitrogens with one attached hydrogen (secondary N) is 1. The first-order valence-corrected chi connectivity index (χ1v) is 7.88. The summed E-state index contributed by atoms with van der Waals surface area (Å²) in [5.41, 5.74) is 2.53. The van der Waals surface area contributed by atoms with Crippen molar-refractivity contribution >= 4 is 15.9 Å². The lowest BCUT2D eigenvalue weighted by Gasteiger charge is -2.06. The SMILES string of the molecule is CCCCCCCc1ccc(-c2ncc[nH]2)cc1Br. The van der Waals surface area contributed by atoms with E-state index in [1.165, 1.54) is 42.1 Å². The molecule has 3 heteroatoms. The van der Waals surface area contributed by atoms with Gasteiger partial charge in [0.05, 0.1) is 0 Å². The first-order chi connectivity index (χ1) is 9.31. The Hall–Kier alpha value is -1.09. The van der Waals surface area contributed by atoms with E-state index in [2.05, 4.69) is 51.0 Å². The molecule has 0 unspecified atom stereocenters. The average Bonchev–Trinajstić information content (AvgIpc) is 2.94. The fourth-order valence-electron chi connectivity index (χ4n) is 2.24. The summed E-state index contributed by atoms with van der Waals surface area (Å²) in [4.78, 5) is 7.41. The Morgan fingerprint density at radius 2 is 2.00 bits per heavy atom. The van der Waals surface area contributed by atoms with Gasteiger partial charge in [-0.15, -0.1) is 0 Å². The molecule has 102 valence electrons. The average molecular weight is 321 g/mol. The van der Waals surface area contributed by atoms with Crippen LogP contribution in [-0.2, 0) is 6.42 Å². The van der Waals surface area contributed by atoms with Crippen LogP contribution >= 0.6 is 15.9 Å². The van der Waals surface area contributed by atoms with E-state index < -0.39 is 0 Å². The highest BCUT2D eigenvalue weighted by Gasteiger charge is 2.04. The molecule has 0 amide bonds. The van der Waals surface area contributed by atoms with Crippen molar-refractivity contribution in [2.45, 2.75) is 45.4 Å². The smallest absolute Gasteiger partial charge is 0.137 e. The maximum Gasteiger partial charge on any atom is 0.137 e. The summed E-state index contributed by atoms with van der Waals surface area (Å²) in [6, 6.07) is 6.51. The van der Waals surface area contributed by atoms with Crippen LogP contribution in [0, 0.1) is 0 Å². The topological polar surface area (TPSA) is 28.7 Å². The molecule has 2 rings (SSSR count). The fourth-order valence-corrected chi connectivity index (χ4v) is 2.82. The molecule has 0 spiro atoms. The summed E-state index contributed by atoms with van der Waals surface area (Å²) < 4.78 is 1.19. The molecule has 0 bridgehead atoms. The molecule has 0 aliphatic heterocycles. The van der Waals surface area contributed by atoms with Gasteiger partial charge in [0.25, 0.3) is 0 Å².